The predicted octanol–water partition coefficient (Wildman–Crippen LogP) is 14.9. The topological polar surface area (TPSA) is 9.72 Å². The highest BCUT2D eigenvalue weighted by molar-refractivity contribution is 7.00. The molecule has 0 radical (unpaired) electrons. The lowest BCUT2D eigenvalue weighted by Gasteiger charge is -2.46. The molecule has 2 heterocycles. The molecule has 0 saturated carbocycles. The van der Waals surface area contributed by atoms with E-state index < -0.39 is 0 Å². The quantitative estimate of drug-likeness (QED) is 0.160. The van der Waals surface area contributed by atoms with E-state index in [1.807, 2.05) is 0 Å². The Balaban J connectivity index is 1.38. The highest BCUT2D eigenvalue weighted by atomic mass is 15.2. The molecule has 4 heteroatoms. The molecule has 0 fully saturated rings. The van der Waals surface area contributed by atoms with Gasteiger partial charge < -0.3 is 14.7 Å². The molecule has 0 saturated heterocycles. The van der Waals surface area contributed by atoms with E-state index in [1.54, 1.807) is 0 Å². The molecule has 0 aliphatic carbocycles. The van der Waals surface area contributed by atoms with Crippen LogP contribution >= 0.6 is 0 Å². The van der Waals surface area contributed by atoms with E-state index in [4.69, 9.17) is 0 Å². The van der Waals surface area contributed by atoms with E-state index >= 15 is 0 Å². The summed E-state index contributed by atoms with van der Waals surface area (Å²) >= 11 is 0. The normalized spacial score (nSPS) is 13.5. The van der Waals surface area contributed by atoms with Crippen LogP contribution in [0.5, 0.6) is 0 Å². The highest BCUT2D eigenvalue weighted by Crippen LogP contribution is 2.50. The number of benzene rings is 8. The molecule has 2 aliphatic heterocycles. The number of aryl methyl sites for hydroxylation is 2. The number of hydrogen-bond donors (Lipinski definition) is 0. The minimum Gasteiger partial charge on any atom is -0.311 e. The van der Waals surface area contributed by atoms with Gasteiger partial charge in [-0.3, -0.25) is 0 Å². The molecule has 0 spiro atoms. The maximum absolute atomic E-state index is 2.59. The van der Waals surface area contributed by atoms with Crippen molar-refractivity contribution in [3.05, 3.63) is 192 Å². The summed E-state index contributed by atoms with van der Waals surface area (Å²) in [6.45, 7) is 25.3. The summed E-state index contributed by atoms with van der Waals surface area (Å²) < 4.78 is 0. The second-order valence-electron chi connectivity index (χ2n) is 21.4. The first kappa shape index (κ1) is 41.5. The second kappa shape index (κ2) is 15.1. The predicted molar refractivity (Wildman–Crippen MR) is 278 cm³/mol. The molecule has 10 rings (SSSR count). The lowest BCUT2D eigenvalue weighted by molar-refractivity contribution is 0.590. The van der Waals surface area contributed by atoms with E-state index in [2.05, 4.69) is 255 Å². The molecule has 3 nitrogen and oxygen atoms in total. The Morgan fingerprint density at radius 3 is 1.42 bits per heavy atom. The van der Waals surface area contributed by atoms with Gasteiger partial charge in [-0.05, 0) is 146 Å². The largest absolute Gasteiger partial charge is 0.311 e. The summed E-state index contributed by atoms with van der Waals surface area (Å²) in [6.07, 6.45) is 0. The van der Waals surface area contributed by atoms with Crippen LogP contribution in [0.25, 0.3) is 10.8 Å². The van der Waals surface area contributed by atoms with Crippen molar-refractivity contribution in [1.29, 1.82) is 0 Å². The third kappa shape index (κ3) is 7.08. The summed E-state index contributed by atoms with van der Waals surface area (Å²) in [7, 11) is 0. The van der Waals surface area contributed by atoms with Crippen molar-refractivity contribution >= 4 is 85.1 Å². The van der Waals surface area contributed by atoms with Crippen LogP contribution in [0.3, 0.4) is 0 Å². The van der Waals surface area contributed by atoms with Crippen molar-refractivity contribution in [3.8, 4) is 0 Å². The average Bonchev–Trinajstić information content (AvgIpc) is 3.25. The van der Waals surface area contributed by atoms with Gasteiger partial charge >= 0.3 is 0 Å². The third-order valence-electron chi connectivity index (χ3n) is 13.6. The van der Waals surface area contributed by atoms with Crippen LogP contribution in [0.4, 0.5) is 51.2 Å². The highest BCUT2D eigenvalue weighted by Gasteiger charge is 2.45. The summed E-state index contributed by atoms with van der Waals surface area (Å²) in [6, 6.07) is 62.5. The van der Waals surface area contributed by atoms with Gasteiger partial charge in [0.1, 0.15) is 0 Å². The molecular weight excluding hydrogens is 773 g/mol. The van der Waals surface area contributed by atoms with Gasteiger partial charge in [0.2, 0.25) is 0 Å². The van der Waals surface area contributed by atoms with E-state index in [-0.39, 0.29) is 23.0 Å². The summed E-state index contributed by atoms with van der Waals surface area (Å²) in [5, 5.41) is 2.45. The van der Waals surface area contributed by atoms with Gasteiger partial charge in [0.15, 0.2) is 0 Å². The lowest BCUT2D eigenvalue weighted by Crippen LogP contribution is -2.61. The lowest BCUT2D eigenvalue weighted by atomic mass is 9.33. The Labute approximate surface area is 382 Å². The number of rotatable bonds is 5. The maximum atomic E-state index is 2.59. The molecule has 8 aromatic rings. The molecule has 0 atom stereocenters. The number of hydrogen-bond acceptors (Lipinski definition) is 3. The minimum atomic E-state index is -0.0417. The van der Waals surface area contributed by atoms with Crippen molar-refractivity contribution in [1.82, 2.24) is 0 Å². The fourth-order valence-corrected chi connectivity index (χ4v) is 10.1. The molecule has 8 aromatic carbocycles. The van der Waals surface area contributed by atoms with Crippen LogP contribution in [0.1, 0.15) is 90.1 Å². The van der Waals surface area contributed by atoms with Crippen molar-refractivity contribution in [2.75, 3.05) is 14.7 Å². The minimum absolute atomic E-state index is 0.0173. The van der Waals surface area contributed by atoms with Gasteiger partial charge in [-0.1, -0.05) is 159 Å². The van der Waals surface area contributed by atoms with Gasteiger partial charge in [-0.2, -0.15) is 0 Å². The van der Waals surface area contributed by atoms with Crippen LogP contribution in [0.15, 0.2) is 164 Å². The zero-order valence-corrected chi connectivity index (χ0v) is 39.5. The van der Waals surface area contributed by atoms with Crippen molar-refractivity contribution in [2.24, 2.45) is 0 Å². The molecule has 0 amide bonds. The van der Waals surface area contributed by atoms with Gasteiger partial charge in [0.25, 0.3) is 6.71 Å². The van der Waals surface area contributed by atoms with Gasteiger partial charge in [-0.15, -0.1) is 0 Å². The second-order valence-corrected chi connectivity index (χ2v) is 21.4. The molecule has 2 aliphatic rings. The fourth-order valence-electron chi connectivity index (χ4n) is 10.1. The summed E-state index contributed by atoms with van der Waals surface area (Å²) in [4.78, 5) is 7.62. The van der Waals surface area contributed by atoms with E-state index in [9.17, 15) is 0 Å². The first-order chi connectivity index (χ1) is 30.5. The molecule has 0 N–H and O–H groups in total. The third-order valence-corrected chi connectivity index (χ3v) is 13.6. The Kier molecular flexibility index (Phi) is 9.76. The van der Waals surface area contributed by atoms with Gasteiger partial charge in [-0.25, -0.2) is 0 Å². The monoisotopic (exact) mass is 833 g/mol. The smallest absolute Gasteiger partial charge is 0.252 e. The summed E-state index contributed by atoms with van der Waals surface area (Å²) in [5.74, 6) is 0. The van der Waals surface area contributed by atoms with E-state index in [0.717, 1.165) is 22.7 Å². The van der Waals surface area contributed by atoms with Crippen molar-refractivity contribution in [2.45, 2.75) is 92.4 Å². The Morgan fingerprint density at radius 1 is 0.391 bits per heavy atom. The first-order valence-electron chi connectivity index (χ1n) is 23.0. The van der Waals surface area contributed by atoms with Crippen LogP contribution in [0.2, 0.25) is 0 Å². The zero-order chi connectivity index (χ0) is 44.9. The van der Waals surface area contributed by atoms with Crippen molar-refractivity contribution in [3.63, 3.8) is 0 Å². The average molecular weight is 834 g/mol. The summed E-state index contributed by atoms with van der Waals surface area (Å²) in [5.41, 5.74) is 20.9. The molecular formula is C60H60BN3. The van der Waals surface area contributed by atoms with Crippen LogP contribution in [0, 0.1) is 13.8 Å². The Bertz CT molecular complexity index is 3050. The van der Waals surface area contributed by atoms with E-state index in [1.165, 1.54) is 83.4 Å². The number of nitrogens with zero attached hydrogens (tertiary/aromatic N) is 3. The SMILES string of the molecule is Cc1cccc(N(c2cccc(C)c2)c2cc3c4c(c2)N(c2cccc5ccccc25)c2ccc(C(C)(C)C)cc2B4c2cc(C(C)(C)C)ccc2N3c2ccc(C(C)(C)C)cc2)c1. The standard InChI is InChI=1S/C60H60BN3/c1-39-17-14-21-46(33-39)62(47-22-15-18-40(2)34-47)48-37-55-57-56(38-48)64(52-24-16-20-41-19-12-13-23-49(41)52)54-32-28-44(60(9,10)11)36-51(54)61(57)50-35-43(59(6,7)8)27-31-53(50)63(55)45-29-25-42(26-30-45)58(3,4)5/h12-38H,1-11H3. The number of anilines is 9. The molecule has 64 heavy (non-hydrogen) atoms. The zero-order valence-electron chi connectivity index (χ0n) is 39.5. The van der Waals surface area contributed by atoms with Crippen LogP contribution in [-0.4, -0.2) is 6.71 Å². The van der Waals surface area contributed by atoms with Gasteiger partial charge in [0, 0.05) is 45.2 Å². The molecule has 0 unspecified atom stereocenters. The van der Waals surface area contributed by atoms with Crippen LogP contribution < -0.4 is 31.1 Å². The van der Waals surface area contributed by atoms with Gasteiger partial charge in [0.05, 0.1) is 11.4 Å². The van der Waals surface area contributed by atoms with Crippen molar-refractivity contribution < 1.29 is 0 Å². The number of fused-ring (bicyclic) bond motifs is 5. The Morgan fingerprint density at radius 2 is 0.875 bits per heavy atom. The molecule has 0 bridgehead atoms. The van der Waals surface area contributed by atoms with Crippen LogP contribution in [-0.2, 0) is 16.2 Å². The first-order valence-corrected chi connectivity index (χ1v) is 23.0. The molecule has 0 aromatic heterocycles. The fraction of sp³-hybridized carbons (Fsp3) is 0.233. The Hall–Kier alpha value is -6.52. The molecule has 318 valence electrons. The maximum Gasteiger partial charge on any atom is 0.252 e. The van der Waals surface area contributed by atoms with E-state index in [0.29, 0.717) is 0 Å².